The molecule has 0 radical (unpaired) electrons. The SMILES string of the molecule is Cc1nc([C@H](C)N(C)CC[C@H](C)O)no1. The molecule has 0 aliphatic carbocycles. The third-order valence-corrected chi connectivity index (χ3v) is 2.48. The molecule has 0 amide bonds. The van der Waals surface area contributed by atoms with Gasteiger partial charge < -0.3 is 9.63 Å². The molecule has 5 nitrogen and oxygen atoms in total. The first-order chi connectivity index (χ1) is 7.00. The maximum Gasteiger partial charge on any atom is 0.223 e. The van der Waals surface area contributed by atoms with E-state index in [1.807, 2.05) is 14.0 Å². The van der Waals surface area contributed by atoms with Gasteiger partial charge in [-0.3, -0.25) is 4.90 Å². The Morgan fingerprint density at radius 2 is 2.13 bits per heavy atom. The van der Waals surface area contributed by atoms with Crippen molar-refractivity contribution < 1.29 is 9.63 Å². The molecule has 0 saturated heterocycles. The van der Waals surface area contributed by atoms with Crippen LogP contribution < -0.4 is 0 Å². The van der Waals surface area contributed by atoms with Crippen molar-refractivity contribution in [3.05, 3.63) is 11.7 Å². The highest BCUT2D eigenvalue weighted by atomic mass is 16.5. The molecular formula is C10H19N3O2. The zero-order chi connectivity index (χ0) is 11.4. The lowest BCUT2D eigenvalue weighted by Crippen LogP contribution is -2.26. The predicted molar refractivity (Wildman–Crippen MR) is 56.4 cm³/mol. The van der Waals surface area contributed by atoms with Crippen molar-refractivity contribution in [2.24, 2.45) is 0 Å². The number of aliphatic hydroxyl groups excluding tert-OH is 1. The third-order valence-electron chi connectivity index (χ3n) is 2.48. The van der Waals surface area contributed by atoms with Gasteiger partial charge in [0.2, 0.25) is 5.89 Å². The lowest BCUT2D eigenvalue weighted by molar-refractivity contribution is 0.150. The van der Waals surface area contributed by atoms with Crippen molar-refractivity contribution in [1.82, 2.24) is 15.0 Å². The largest absolute Gasteiger partial charge is 0.393 e. The molecule has 0 aliphatic rings. The molecule has 15 heavy (non-hydrogen) atoms. The van der Waals surface area contributed by atoms with Gasteiger partial charge in [-0.15, -0.1) is 0 Å². The maximum absolute atomic E-state index is 9.18. The zero-order valence-electron chi connectivity index (χ0n) is 9.77. The fourth-order valence-corrected chi connectivity index (χ4v) is 1.27. The van der Waals surface area contributed by atoms with E-state index in [1.165, 1.54) is 0 Å². The third kappa shape index (κ3) is 3.60. The summed E-state index contributed by atoms with van der Waals surface area (Å²) < 4.78 is 4.92. The fourth-order valence-electron chi connectivity index (χ4n) is 1.27. The van der Waals surface area contributed by atoms with Gasteiger partial charge in [0.25, 0.3) is 0 Å². The lowest BCUT2D eigenvalue weighted by atomic mass is 10.2. The topological polar surface area (TPSA) is 62.4 Å². The summed E-state index contributed by atoms with van der Waals surface area (Å²) in [6.45, 7) is 6.40. The Balaban J connectivity index is 2.49. The molecule has 0 unspecified atom stereocenters. The molecule has 1 aromatic heterocycles. The first-order valence-electron chi connectivity index (χ1n) is 5.19. The minimum atomic E-state index is -0.272. The normalized spacial score (nSPS) is 15.6. The molecule has 0 aliphatic heterocycles. The molecule has 1 rings (SSSR count). The first kappa shape index (κ1) is 12.1. The van der Waals surface area contributed by atoms with E-state index in [4.69, 9.17) is 4.52 Å². The predicted octanol–water partition coefficient (Wildman–Crippen LogP) is 1.14. The van der Waals surface area contributed by atoms with E-state index in [9.17, 15) is 5.11 Å². The summed E-state index contributed by atoms with van der Waals surface area (Å²) >= 11 is 0. The van der Waals surface area contributed by atoms with E-state index in [0.29, 0.717) is 11.7 Å². The molecule has 1 aromatic rings. The second-order valence-electron chi connectivity index (χ2n) is 3.97. The average Bonchev–Trinajstić information content (AvgIpc) is 2.60. The zero-order valence-corrected chi connectivity index (χ0v) is 9.77. The highest BCUT2D eigenvalue weighted by molar-refractivity contribution is 4.91. The number of hydrogen-bond acceptors (Lipinski definition) is 5. The van der Waals surface area contributed by atoms with Crippen LogP contribution in [0.25, 0.3) is 0 Å². The summed E-state index contributed by atoms with van der Waals surface area (Å²) in [5.74, 6) is 1.28. The Morgan fingerprint density at radius 1 is 1.47 bits per heavy atom. The molecule has 1 heterocycles. The molecule has 0 saturated carbocycles. The summed E-state index contributed by atoms with van der Waals surface area (Å²) in [5.41, 5.74) is 0. The average molecular weight is 213 g/mol. The molecule has 86 valence electrons. The molecule has 1 N–H and O–H groups in total. The number of aromatic nitrogens is 2. The van der Waals surface area contributed by atoms with E-state index >= 15 is 0 Å². The summed E-state index contributed by atoms with van der Waals surface area (Å²) in [6.07, 6.45) is 0.476. The van der Waals surface area contributed by atoms with Crippen LogP contribution in [0.15, 0.2) is 4.52 Å². The Hall–Kier alpha value is -0.940. The summed E-state index contributed by atoms with van der Waals surface area (Å²) in [5, 5.41) is 13.1. The Bertz CT molecular complexity index is 299. The van der Waals surface area contributed by atoms with Crippen LogP contribution in [-0.2, 0) is 0 Å². The highest BCUT2D eigenvalue weighted by Crippen LogP contribution is 2.15. The Morgan fingerprint density at radius 3 is 2.60 bits per heavy atom. The number of nitrogens with zero attached hydrogens (tertiary/aromatic N) is 3. The monoisotopic (exact) mass is 213 g/mol. The van der Waals surface area contributed by atoms with Crippen LogP contribution in [0.5, 0.6) is 0 Å². The highest BCUT2D eigenvalue weighted by Gasteiger charge is 2.16. The molecule has 0 aromatic carbocycles. The van der Waals surface area contributed by atoms with Crippen LogP contribution in [-0.4, -0.2) is 39.8 Å². The summed E-state index contributed by atoms with van der Waals surface area (Å²) in [6, 6.07) is 0.112. The quantitative estimate of drug-likeness (QED) is 0.794. The van der Waals surface area contributed by atoms with Crippen molar-refractivity contribution >= 4 is 0 Å². The van der Waals surface area contributed by atoms with E-state index in [2.05, 4.69) is 15.0 Å². The van der Waals surface area contributed by atoms with E-state index in [1.54, 1.807) is 13.8 Å². The van der Waals surface area contributed by atoms with Crippen molar-refractivity contribution in [3.63, 3.8) is 0 Å². The molecular weight excluding hydrogens is 194 g/mol. The van der Waals surface area contributed by atoms with Crippen molar-refractivity contribution in [2.45, 2.75) is 39.3 Å². The van der Waals surface area contributed by atoms with E-state index in [-0.39, 0.29) is 12.1 Å². The van der Waals surface area contributed by atoms with Gasteiger partial charge in [-0.05, 0) is 27.3 Å². The van der Waals surface area contributed by atoms with Crippen molar-refractivity contribution in [3.8, 4) is 0 Å². The molecule has 0 spiro atoms. The first-order valence-corrected chi connectivity index (χ1v) is 5.19. The van der Waals surface area contributed by atoms with Crippen LogP contribution >= 0.6 is 0 Å². The van der Waals surface area contributed by atoms with E-state index < -0.39 is 0 Å². The fraction of sp³-hybridized carbons (Fsp3) is 0.800. The smallest absolute Gasteiger partial charge is 0.223 e. The maximum atomic E-state index is 9.18. The van der Waals surface area contributed by atoms with Crippen LogP contribution in [0.2, 0.25) is 0 Å². The van der Waals surface area contributed by atoms with Gasteiger partial charge in [-0.2, -0.15) is 4.98 Å². The van der Waals surface area contributed by atoms with Crippen LogP contribution in [0.1, 0.15) is 38.0 Å². The van der Waals surface area contributed by atoms with Crippen LogP contribution in [0.3, 0.4) is 0 Å². The van der Waals surface area contributed by atoms with E-state index in [0.717, 1.165) is 13.0 Å². The Kier molecular flexibility index (Phi) is 4.23. The lowest BCUT2D eigenvalue weighted by Gasteiger charge is -2.22. The number of aryl methyl sites for hydroxylation is 1. The van der Waals surface area contributed by atoms with Gasteiger partial charge in [0.05, 0.1) is 12.1 Å². The number of rotatable bonds is 5. The second kappa shape index (κ2) is 5.23. The van der Waals surface area contributed by atoms with Gasteiger partial charge in [-0.1, -0.05) is 5.16 Å². The minimum Gasteiger partial charge on any atom is -0.393 e. The molecule has 0 bridgehead atoms. The molecule has 2 atom stereocenters. The molecule has 0 fully saturated rings. The number of aliphatic hydroxyl groups is 1. The van der Waals surface area contributed by atoms with Gasteiger partial charge >= 0.3 is 0 Å². The van der Waals surface area contributed by atoms with Crippen molar-refractivity contribution in [1.29, 1.82) is 0 Å². The van der Waals surface area contributed by atoms with Gasteiger partial charge in [-0.25, -0.2) is 0 Å². The number of hydrogen-bond donors (Lipinski definition) is 1. The van der Waals surface area contributed by atoms with Crippen LogP contribution in [0.4, 0.5) is 0 Å². The van der Waals surface area contributed by atoms with Crippen LogP contribution in [0, 0.1) is 6.92 Å². The van der Waals surface area contributed by atoms with Gasteiger partial charge in [0.15, 0.2) is 5.82 Å². The van der Waals surface area contributed by atoms with Gasteiger partial charge in [0, 0.05) is 13.5 Å². The summed E-state index contributed by atoms with van der Waals surface area (Å²) in [4.78, 5) is 6.27. The summed E-state index contributed by atoms with van der Waals surface area (Å²) in [7, 11) is 1.98. The van der Waals surface area contributed by atoms with Gasteiger partial charge in [0.1, 0.15) is 0 Å². The minimum absolute atomic E-state index is 0.112. The second-order valence-corrected chi connectivity index (χ2v) is 3.97. The molecule has 5 heteroatoms. The van der Waals surface area contributed by atoms with Crippen molar-refractivity contribution in [2.75, 3.05) is 13.6 Å². The Labute approximate surface area is 90.1 Å². The standard InChI is InChI=1S/C10H19N3O2/c1-7(14)5-6-13(4)8(2)10-11-9(3)15-12-10/h7-8,14H,5-6H2,1-4H3/t7-,8-/m0/s1.